The monoisotopic (exact) mass is 367 g/mol. The number of carboxylic acid groups (broad SMARTS) is 1. The Kier molecular flexibility index (Phi) is 4.97. The number of nitrogens with zero attached hydrogens (tertiary/aromatic N) is 3. The zero-order chi connectivity index (χ0) is 18.8. The second-order valence-corrected chi connectivity index (χ2v) is 7.57. The lowest BCUT2D eigenvalue weighted by molar-refractivity contribution is -0.137. The molecule has 2 aliphatic rings. The van der Waals surface area contributed by atoms with Crippen LogP contribution >= 0.6 is 0 Å². The fourth-order valence-corrected chi connectivity index (χ4v) is 4.35. The average molecular weight is 367 g/mol. The summed E-state index contributed by atoms with van der Waals surface area (Å²) in [7, 11) is 0. The maximum Gasteiger partial charge on any atom is 0.303 e. The van der Waals surface area contributed by atoms with Crippen molar-refractivity contribution in [1.82, 2.24) is 14.7 Å². The average Bonchev–Trinajstić information content (AvgIpc) is 3.29. The van der Waals surface area contributed by atoms with E-state index in [0.29, 0.717) is 18.7 Å². The summed E-state index contributed by atoms with van der Waals surface area (Å²) in [5.41, 5.74) is 3.83. The van der Waals surface area contributed by atoms with Gasteiger partial charge in [0.05, 0.1) is 5.69 Å². The third-order valence-electron chi connectivity index (χ3n) is 5.71. The van der Waals surface area contributed by atoms with Gasteiger partial charge in [0.1, 0.15) is 0 Å². The summed E-state index contributed by atoms with van der Waals surface area (Å²) in [4.78, 5) is 26.0. The van der Waals surface area contributed by atoms with Crippen LogP contribution in [0.2, 0.25) is 0 Å². The Balaban J connectivity index is 1.56. The Labute approximate surface area is 158 Å². The number of hydrogen-bond acceptors (Lipinski definition) is 3. The molecule has 1 amide bonds. The summed E-state index contributed by atoms with van der Waals surface area (Å²) in [6, 6.07) is 9.98. The number of carbonyl (C=O) groups excluding carboxylic acids is 1. The highest BCUT2D eigenvalue weighted by Gasteiger charge is 2.31. The number of rotatable bonds is 5. The lowest BCUT2D eigenvalue weighted by Gasteiger charge is -2.32. The van der Waals surface area contributed by atoms with Gasteiger partial charge in [0, 0.05) is 30.8 Å². The van der Waals surface area contributed by atoms with Gasteiger partial charge in [0.15, 0.2) is 5.69 Å². The van der Waals surface area contributed by atoms with E-state index in [1.807, 2.05) is 39.9 Å². The minimum absolute atomic E-state index is 0.00264. The van der Waals surface area contributed by atoms with Crippen LogP contribution in [-0.2, 0) is 17.6 Å². The zero-order valence-corrected chi connectivity index (χ0v) is 15.4. The third kappa shape index (κ3) is 3.61. The Morgan fingerprint density at radius 1 is 1.15 bits per heavy atom. The molecule has 1 atom stereocenters. The fourth-order valence-electron chi connectivity index (χ4n) is 4.35. The van der Waals surface area contributed by atoms with Crippen LogP contribution < -0.4 is 0 Å². The van der Waals surface area contributed by atoms with E-state index in [2.05, 4.69) is 0 Å². The van der Waals surface area contributed by atoms with Gasteiger partial charge >= 0.3 is 5.97 Å². The van der Waals surface area contributed by atoms with Crippen LogP contribution in [0, 0.1) is 5.92 Å². The number of piperidine rings is 1. The minimum atomic E-state index is -0.766. The van der Waals surface area contributed by atoms with Gasteiger partial charge in [0.2, 0.25) is 0 Å². The molecule has 0 radical (unpaired) electrons. The first-order chi connectivity index (χ1) is 13.1. The van der Waals surface area contributed by atoms with Gasteiger partial charge in [-0.05, 0) is 56.6 Å². The van der Waals surface area contributed by atoms with Gasteiger partial charge < -0.3 is 10.0 Å². The molecule has 2 aromatic rings. The number of benzene rings is 1. The number of fused-ring (bicyclic) bond motifs is 1. The molecule has 6 nitrogen and oxygen atoms in total. The van der Waals surface area contributed by atoms with E-state index in [1.54, 1.807) is 0 Å². The van der Waals surface area contributed by atoms with E-state index in [1.165, 1.54) is 0 Å². The van der Waals surface area contributed by atoms with Crippen molar-refractivity contribution in [3.8, 4) is 5.69 Å². The molecule has 1 saturated heterocycles. The Bertz CT molecular complexity index is 844. The molecule has 0 saturated carbocycles. The summed E-state index contributed by atoms with van der Waals surface area (Å²) < 4.78 is 1.93. The summed E-state index contributed by atoms with van der Waals surface area (Å²) >= 11 is 0. The van der Waals surface area contributed by atoms with Crippen LogP contribution in [0.3, 0.4) is 0 Å². The summed E-state index contributed by atoms with van der Waals surface area (Å²) in [5.74, 6) is -0.496. The molecule has 0 spiro atoms. The Hall–Kier alpha value is -2.63. The van der Waals surface area contributed by atoms with Gasteiger partial charge in [-0.3, -0.25) is 9.59 Å². The second-order valence-electron chi connectivity index (χ2n) is 7.57. The van der Waals surface area contributed by atoms with Crippen LogP contribution in [0.25, 0.3) is 5.69 Å². The summed E-state index contributed by atoms with van der Waals surface area (Å²) in [6.45, 7) is 1.37. The maximum absolute atomic E-state index is 13.2. The number of likely N-dealkylation sites (tertiary alicyclic amines) is 1. The molecule has 142 valence electrons. The summed E-state index contributed by atoms with van der Waals surface area (Å²) in [5, 5.41) is 13.6. The SMILES string of the molecule is O=C(O)CC[C@@H]1CCCN(C(=O)c2nn(-c3ccccc3)c3c2CCC3)C1. The smallest absolute Gasteiger partial charge is 0.303 e. The number of aliphatic carboxylic acids is 1. The molecule has 2 heterocycles. The zero-order valence-electron chi connectivity index (χ0n) is 15.4. The standard InChI is InChI=1S/C21H25N3O3/c25-19(26)12-11-15-6-5-13-23(14-15)21(27)20-17-9-4-10-18(17)24(22-20)16-7-2-1-3-8-16/h1-3,7-8,15H,4-6,9-14H2,(H,25,26)/t15-/m0/s1. The predicted molar refractivity (Wildman–Crippen MR) is 101 cm³/mol. The third-order valence-corrected chi connectivity index (χ3v) is 5.71. The highest BCUT2D eigenvalue weighted by Crippen LogP contribution is 2.30. The quantitative estimate of drug-likeness (QED) is 0.881. The highest BCUT2D eigenvalue weighted by molar-refractivity contribution is 5.94. The molecule has 1 aromatic heterocycles. The number of amides is 1. The first-order valence-electron chi connectivity index (χ1n) is 9.80. The van der Waals surface area contributed by atoms with Gasteiger partial charge in [-0.25, -0.2) is 4.68 Å². The van der Waals surface area contributed by atoms with E-state index < -0.39 is 5.97 Å². The van der Waals surface area contributed by atoms with Crippen LogP contribution in [-0.4, -0.2) is 44.8 Å². The van der Waals surface area contributed by atoms with Crippen molar-refractivity contribution in [3.05, 3.63) is 47.3 Å². The minimum Gasteiger partial charge on any atom is -0.481 e. The molecular formula is C21H25N3O3. The number of carbonyl (C=O) groups is 2. The van der Waals surface area contributed by atoms with E-state index in [4.69, 9.17) is 10.2 Å². The largest absolute Gasteiger partial charge is 0.481 e. The van der Waals surface area contributed by atoms with E-state index in [9.17, 15) is 9.59 Å². The van der Waals surface area contributed by atoms with Crippen molar-refractivity contribution in [2.75, 3.05) is 13.1 Å². The molecule has 27 heavy (non-hydrogen) atoms. The van der Waals surface area contributed by atoms with Gasteiger partial charge in [-0.2, -0.15) is 5.10 Å². The Morgan fingerprint density at radius 2 is 1.96 bits per heavy atom. The molecule has 4 rings (SSSR count). The van der Waals surface area contributed by atoms with Crippen molar-refractivity contribution in [1.29, 1.82) is 0 Å². The molecule has 1 N–H and O–H groups in total. The molecule has 1 aliphatic carbocycles. The maximum atomic E-state index is 13.2. The lowest BCUT2D eigenvalue weighted by Crippen LogP contribution is -2.40. The van der Waals surface area contributed by atoms with Crippen molar-refractivity contribution in [2.24, 2.45) is 5.92 Å². The normalized spacial score (nSPS) is 19.1. The lowest BCUT2D eigenvalue weighted by atomic mass is 9.93. The number of aromatic nitrogens is 2. The van der Waals surface area contributed by atoms with Crippen molar-refractivity contribution in [3.63, 3.8) is 0 Å². The van der Waals surface area contributed by atoms with E-state index in [0.717, 1.165) is 55.6 Å². The first-order valence-corrected chi connectivity index (χ1v) is 9.80. The number of para-hydroxylation sites is 1. The van der Waals surface area contributed by atoms with Gasteiger partial charge in [-0.15, -0.1) is 0 Å². The molecule has 0 bridgehead atoms. The van der Waals surface area contributed by atoms with Crippen molar-refractivity contribution < 1.29 is 14.7 Å². The van der Waals surface area contributed by atoms with Crippen LogP contribution in [0.15, 0.2) is 30.3 Å². The molecule has 0 unspecified atom stereocenters. The molecule has 1 aliphatic heterocycles. The number of carboxylic acids is 1. The van der Waals surface area contributed by atoms with Crippen molar-refractivity contribution in [2.45, 2.75) is 44.9 Å². The molecule has 1 aromatic carbocycles. The van der Waals surface area contributed by atoms with Crippen LogP contribution in [0.1, 0.15) is 53.8 Å². The van der Waals surface area contributed by atoms with Gasteiger partial charge in [0.25, 0.3) is 5.91 Å². The van der Waals surface area contributed by atoms with E-state index >= 15 is 0 Å². The Morgan fingerprint density at radius 3 is 2.74 bits per heavy atom. The molecular weight excluding hydrogens is 342 g/mol. The highest BCUT2D eigenvalue weighted by atomic mass is 16.4. The topological polar surface area (TPSA) is 75.4 Å². The molecule has 6 heteroatoms. The first kappa shape index (κ1) is 17.8. The van der Waals surface area contributed by atoms with Crippen LogP contribution in [0.4, 0.5) is 0 Å². The second kappa shape index (κ2) is 7.55. The fraction of sp³-hybridized carbons (Fsp3) is 0.476. The predicted octanol–water partition coefficient (Wildman–Crippen LogP) is 3.08. The van der Waals surface area contributed by atoms with Crippen molar-refractivity contribution >= 4 is 11.9 Å². The molecule has 1 fully saturated rings. The van der Waals surface area contributed by atoms with Gasteiger partial charge in [-0.1, -0.05) is 18.2 Å². The summed E-state index contributed by atoms with van der Waals surface area (Å²) in [6.07, 6.45) is 5.64. The van der Waals surface area contributed by atoms with E-state index in [-0.39, 0.29) is 18.2 Å². The van der Waals surface area contributed by atoms with Crippen LogP contribution in [0.5, 0.6) is 0 Å². The number of hydrogen-bond donors (Lipinski definition) is 1.